The van der Waals surface area contributed by atoms with Crippen molar-refractivity contribution >= 4 is 10.9 Å². The van der Waals surface area contributed by atoms with Gasteiger partial charge in [0.25, 0.3) is 0 Å². The predicted octanol–water partition coefficient (Wildman–Crippen LogP) is 2.84. The van der Waals surface area contributed by atoms with Gasteiger partial charge in [-0.1, -0.05) is 12.1 Å². The summed E-state index contributed by atoms with van der Waals surface area (Å²) in [5, 5.41) is 1.44. The van der Waals surface area contributed by atoms with Crippen molar-refractivity contribution in [1.82, 2.24) is 14.4 Å². The van der Waals surface area contributed by atoms with Crippen LogP contribution in [-0.4, -0.2) is 54.1 Å². The zero-order chi connectivity index (χ0) is 14.7. The van der Waals surface area contributed by atoms with Crippen molar-refractivity contribution < 1.29 is 0 Å². The minimum Gasteiger partial charge on any atom is -0.348 e. The molecule has 0 saturated carbocycles. The molecular formula is C18H27N3. The summed E-state index contributed by atoms with van der Waals surface area (Å²) in [4.78, 5) is 5.03. The monoisotopic (exact) mass is 285 g/mol. The van der Waals surface area contributed by atoms with E-state index in [1.807, 2.05) is 0 Å². The fourth-order valence-electron chi connectivity index (χ4n) is 3.35. The Bertz CT molecular complexity index is 579. The number of hydrogen-bond donors (Lipinski definition) is 0. The zero-order valence-corrected chi connectivity index (χ0v) is 13.4. The maximum atomic E-state index is 2.61. The lowest BCUT2D eigenvalue weighted by Crippen LogP contribution is -2.44. The van der Waals surface area contributed by atoms with E-state index in [2.05, 4.69) is 58.8 Å². The second kappa shape index (κ2) is 6.63. The van der Waals surface area contributed by atoms with Crippen molar-refractivity contribution in [3.63, 3.8) is 0 Å². The van der Waals surface area contributed by atoms with Gasteiger partial charge in [-0.3, -0.25) is 0 Å². The Hall–Kier alpha value is -1.32. The molecule has 1 saturated heterocycles. The van der Waals surface area contributed by atoms with Crippen LogP contribution in [0, 0.1) is 0 Å². The molecular weight excluding hydrogens is 258 g/mol. The minimum absolute atomic E-state index is 1.05. The molecule has 1 aliphatic heterocycles. The molecule has 114 valence electrons. The maximum absolute atomic E-state index is 2.61. The molecule has 0 N–H and O–H groups in total. The van der Waals surface area contributed by atoms with Gasteiger partial charge in [0.1, 0.15) is 0 Å². The highest BCUT2D eigenvalue weighted by Crippen LogP contribution is 2.21. The van der Waals surface area contributed by atoms with Crippen LogP contribution in [0.4, 0.5) is 0 Å². The molecule has 0 bridgehead atoms. The Labute approximate surface area is 128 Å². The molecule has 0 amide bonds. The third-order valence-electron chi connectivity index (χ3n) is 4.76. The molecule has 3 heteroatoms. The van der Waals surface area contributed by atoms with Gasteiger partial charge in [-0.05, 0) is 51.1 Å². The van der Waals surface area contributed by atoms with E-state index in [4.69, 9.17) is 0 Å². The van der Waals surface area contributed by atoms with Crippen LogP contribution in [0.25, 0.3) is 10.9 Å². The Morgan fingerprint density at radius 3 is 2.62 bits per heavy atom. The first-order chi connectivity index (χ1) is 10.3. The van der Waals surface area contributed by atoms with E-state index < -0.39 is 0 Å². The van der Waals surface area contributed by atoms with Gasteiger partial charge >= 0.3 is 0 Å². The number of rotatable bonds is 5. The fraction of sp³-hybridized carbons (Fsp3) is 0.556. The van der Waals surface area contributed by atoms with E-state index >= 15 is 0 Å². The van der Waals surface area contributed by atoms with E-state index in [0.717, 1.165) is 6.54 Å². The van der Waals surface area contributed by atoms with Gasteiger partial charge in [-0.25, -0.2) is 0 Å². The Morgan fingerprint density at radius 2 is 1.86 bits per heavy atom. The van der Waals surface area contributed by atoms with Crippen LogP contribution in [0.2, 0.25) is 0 Å². The number of hydrogen-bond acceptors (Lipinski definition) is 2. The van der Waals surface area contributed by atoms with E-state index in [1.165, 1.54) is 62.0 Å². The van der Waals surface area contributed by atoms with E-state index in [0.29, 0.717) is 0 Å². The van der Waals surface area contributed by atoms with Gasteiger partial charge in [-0.2, -0.15) is 0 Å². The van der Waals surface area contributed by atoms with Crippen LogP contribution < -0.4 is 0 Å². The minimum atomic E-state index is 1.05. The third-order valence-corrected chi connectivity index (χ3v) is 4.76. The maximum Gasteiger partial charge on any atom is 0.0482 e. The number of likely N-dealkylation sites (N-methyl/N-ethyl adjacent to an activating group) is 1. The van der Waals surface area contributed by atoms with Gasteiger partial charge in [0.2, 0.25) is 0 Å². The molecule has 1 aromatic carbocycles. The largest absolute Gasteiger partial charge is 0.348 e. The van der Waals surface area contributed by atoms with Crippen LogP contribution in [0.1, 0.15) is 18.9 Å². The molecule has 2 aromatic rings. The smallest absolute Gasteiger partial charge is 0.0482 e. The first kappa shape index (κ1) is 14.6. The van der Waals surface area contributed by atoms with Crippen LogP contribution in [0.5, 0.6) is 0 Å². The Kier molecular flexibility index (Phi) is 4.61. The number of benzene rings is 1. The molecule has 1 aromatic heterocycles. The second-order valence-electron chi connectivity index (χ2n) is 6.20. The molecule has 0 spiro atoms. The highest BCUT2D eigenvalue weighted by molar-refractivity contribution is 5.83. The summed E-state index contributed by atoms with van der Waals surface area (Å²) < 4.78 is 2.33. The molecule has 1 fully saturated rings. The molecule has 2 heterocycles. The summed E-state index contributed by atoms with van der Waals surface area (Å²) in [6, 6.07) is 9.03. The van der Waals surface area contributed by atoms with Gasteiger partial charge in [0.15, 0.2) is 0 Å². The average Bonchev–Trinajstić information content (AvgIpc) is 2.93. The lowest BCUT2D eigenvalue weighted by atomic mass is 10.0. The standard InChI is InChI=1S/C18H27N3/c1-3-21-11-9-17-16(6-4-8-18(17)21)7-5-10-20-14-12-19(2)13-15-20/h4,6,8-9,11H,3,5,7,10,12-15H2,1-2H3. The lowest BCUT2D eigenvalue weighted by Gasteiger charge is -2.32. The Balaban J connectivity index is 1.59. The number of fused-ring (bicyclic) bond motifs is 1. The van der Waals surface area contributed by atoms with Crippen molar-refractivity contribution in [3.05, 3.63) is 36.0 Å². The summed E-state index contributed by atoms with van der Waals surface area (Å²) >= 11 is 0. The quantitative estimate of drug-likeness (QED) is 0.837. The molecule has 0 aliphatic carbocycles. The van der Waals surface area contributed by atoms with Crippen molar-refractivity contribution in [1.29, 1.82) is 0 Å². The predicted molar refractivity (Wildman–Crippen MR) is 89.9 cm³/mol. The van der Waals surface area contributed by atoms with Crippen molar-refractivity contribution in [2.45, 2.75) is 26.3 Å². The molecule has 3 rings (SSSR count). The molecule has 0 unspecified atom stereocenters. The van der Waals surface area contributed by atoms with Gasteiger partial charge in [0.05, 0.1) is 0 Å². The van der Waals surface area contributed by atoms with E-state index in [9.17, 15) is 0 Å². The van der Waals surface area contributed by atoms with Crippen LogP contribution in [0.15, 0.2) is 30.5 Å². The number of aromatic nitrogens is 1. The molecule has 21 heavy (non-hydrogen) atoms. The molecule has 0 radical (unpaired) electrons. The fourth-order valence-corrected chi connectivity index (χ4v) is 3.35. The SMILES string of the molecule is CCn1ccc2c(CCCN3CCN(C)CC3)cccc21. The van der Waals surface area contributed by atoms with Crippen LogP contribution in [0.3, 0.4) is 0 Å². The zero-order valence-electron chi connectivity index (χ0n) is 13.4. The Morgan fingerprint density at radius 1 is 1.05 bits per heavy atom. The van der Waals surface area contributed by atoms with Crippen molar-refractivity contribution in [2.75, 3.05) is 39.8 Å². The highest BCUT2D eigenvalue weighted by Gasteiger charge is 2.13. The molecule has 3 nitrogen and oxygen atoms in total. The number of aryl methyl sites for hydroxylation is 2. The topological polar surface area (TPSA) is 11.4 Å². The average molecular weight is 285 g/mol. The third kappa shape index (κ3) is 3.30. The normalized spacial score (nSPS) is 17.6. The summed E-state index contributed by atoms with van der Waals surface area (Å²) in [6.07, 6.45) is 4.67. The van der Waals surface area contributed by atoms with Gasteiger partial charge in [0, 0.05) is 49.8 Å². The van der Waals surface area contributed by atoms with Crippen molar-refractivity contribution in [2.24, 2.45) is 0 Å². The van der Waals surface area contributed by atoms with Crippen LogP contribution in [-0.2, 0) is 13.0 Å². The number of piperazine rings is 1. The second-order valence-corrected chi connectivity index (χ2v) is 6.20. The molecule has 0 atom stereocenters. The first-order valence-corrected chi connectivity index (χ1v) is 8.25. The summed E-state index contributed by atoms with van der Waals surface area (Å²) in [5.74, 6) is 0. The van der Waals surface area contributed by atoms with E-state index in [1.54, 1.807) is 0 Å². The lowest BCUT2D eigenvalue weighted by molar-refractivity contribution is 0.153. The summed E-state index contributed by atoms with van der Waals surface area (Å²) in [5.41, 5.74) is 2.89. The number of nitrogens with zero attached hydrogens (tertiary/aromatic N) is 3. The summed E-state index contributed by atoms with van der Waals surface area (Å²) in [7, 11) is 2.22. The van der Waals surface area contributed by atoms with Gasteiger partial charge < -0.3 is 14.4 Å². The molecule has 1 aliphatic rings. The van der Waals surface area contributed by atoms with Crippen molar-refractivity contribution in [3.8, 4) is 0 Å². The van der Waals surface area contributed by atoms with E-state index in [-0.39, 0.29) is 0 Å². The summed E-state index contributed by atoms with van der Waals surface area (Å²) in [6.45, 7) is 9.39. The van der Waals surface area contributed by atoms with Crippen LogP contribution >= 0.6 is 0 Å². The highest BCUT2D eigenvalue weighted by atomic mass is 15.2. The first-order valence-electron chi connectivity index (χ1n) is 8.25. The van der Waals surface area contributed by atoms with Gasteiger partial charge in [-0.15, -0.1) is 0 Å².